The van der Waals surface area contributed by atoms with Crippen LogP contribution in [0.5, 0.6) is 5.75 Å². The number of nitrogens with two attached hydrogens (primary N) is 1. The summed E-state index contributed by atoms with van der Waals surface area (Å²) in [6.07, 6.45) is 0.883. The van der Waals surface area contributed by atoms with Crippen molar-refractivity contribution in [1.29, 1.82) is 0 Å². The summed E-state index contributed by atoms with van der Waals surface area (Å²) in [5.74, 6) is 1.06. The molecule has 0 unspecified atom stereocenters. The summed E-state index contributed by atoms with van der Waals surface area (Å²) in [6, 6.07) is 5.30. The lowest BCUT2D eigenvalue weighted by Crippen LogP contribution is -2.11. The molecular formula is C16H19N5O2. The first-order valence-electron chi connectivity index (χ1n) is 7.47. The van der Waals surface area contributed by atoms with E-state index < -0.39 is 0 Å². The van der Waals surface area contributed by atoms with Gasteiger partial charge in [-0.2, -0.15) is 5.10 Å². The molecule has 1 aromatic carbocycles. The SMILES string of the molecule is CCCOc1ccc(N)cc1-c1nc2c(c(C)nn2C)c(=O)[nH]1. The van der Waals surface area contributed by atoms with Crippen molar-refractivity contribution in [2.45, 2.75) is 20.3 Å². The molecule has 3 N–H and O–H groups in total. The largest absolute Gasteiger partial charge is 0.493 e. The van der Waals surface area contributed by atoms with Gasteiger partial charge in [0.15, 0.2) is 5.65 Å². The Morgan fingerprint density at radius 1 is 1.39 bits per heavy atom. The van der Waals surface area contributed by atoms with Gasteiger partial charge in [-0.05, 0) is 31.5 Å². The molecule has 0 saturated heterocycles. The van der Waals surface area contributed by atoms with Crippen LogP contribution in [0.15, 0.2) is 23.0 Å². The number of nitrogens with one attached hydrogen (secondary N) is 1. The minimum atomic E-state index is -0.223. The third-order valence-corrected chi connectivity index (χ3v) is 3.59. The van der Waals surface area contributed by atoms with Gasteiger partial charge in [-0.15, -0.1) is 0 Å². The molecule has 0 bridgehead atoms. The van der Waals surface area contributed by atoms with Crippen molar-refractivity contribution in [3.05, 3.63) is 34.2 Å². The summed E-state index contributed by atoms with van der Waals surface area (Å²) in [6.45, 7) is 4.39. The van der Waals surface area contributed by atoms with Crippen LogP contribution in [-0.2, 0) is 7.05 Å². The van der Waals surface area contributed by atoms with E-state index in [1.165, 1.54) is 0 Å². The fourth-order valence-electron chi connectivity index (χ4n) is 2.54. The van der Waals surface area contributed by atoms with E-state index in [-0.39, 0.29) is 5.56 Å². The van der Waals surface area contributed by atoms with Crippen LogP contribution in [0.1, 0.15) is 19.0 Å². The van der Waals surface area contributed by atoms with Crippen molar-refractivity contribution in [3.63, 3.8) is 0 Å². The van der Waals surface area contributed by atoms with Crippen molar-refractivity contribution in [2.24, 2.45) is 7.05 Å². The number of benzene rings is 1. The average molecular weight is 313 g/mol. The number of nitrogens with zero attached hydrogens (tertiary/aromatic N) is 3. The van der Waals surface area contributed by atoms with Crippen molar-refractivity contribution < 1.29 is 4.74 Å². The highest BCUT2D eigenvalue weighted by molar-refractivity contribution is 5.80. The summed E-state index contributed by atoms with van der Waals surface area (Å²) in [5, 5.41) is 4.75. The lowest BCUT2D eigenvalue weighted by Gasteiger charge is -2.11. The molecule has 0 fully saturated rings. The van der Waals surface area contributed by atoms with E-state index in [1.807, 2.05) is 6.92 Å². The molecule has 0 amide bonds. The quantitative estimate of drug-likeness (QED) is 0.718. The zero-order chi connectivity index (χ0) is 16.6. The molecule has 0 radical (unpaired) electrons. The van der Waals surface area contributed by atoms with E-state index in [0.717, 1.165) is 6.42 Å². The number of rotatable bonds is 4. The van der Waals surface area contributed by atoms with E-state index in [2.05, 4.69) is 15.1 Å². The first kappa shape index (κ1) is 15.1. The second-order valence-corrected chi connectivity index (χ2v) is 5.43. The van der Waals surface area contributed by atoms with Gasteiger partial charge in [-0.1, -0.05) is 6.92 Å². The molecule has 0 saturated carbocycles. The van der Waals surface area contributed by atoms with Crippen molar-refractivity contribution in [2.75, 3.05) is 12.3 Å². The Morgan fingerprint density at radius 2 is 2.17 bits per heavy atom. The fourth-order valence-corrected chi connectivity index (χ4v) is 2.54. The molecule has 2 heterocycles. The van der Waals surface area contributed by atoms with Gasteiger partial charge >= 0.3 is 0 Å². The van der Waals surface area contributed by atoms with Crippen LogP contribution < -0.4 is 16.0 Å². The molecule has 7 nitrogen and oxygen atoms in total. The summed E-state index contributed by atoms with van der Waals surface area (Å²) < 4.78 is 7.34. The van der Waals surface area contributed by atoms with Gasteiger partial charge in [0.05, 0.1) is 17.9 Å². The van der Waals surface area contributed by atoms with E-state index in [0.29, 0.717) is 46.2 Å². The number of hydrogen-bond acceptors (Lipinski definition) is 5. The molecule has 0 aliphatic carbocycles. The van der Waals surface area contributed by atoms with Crippen LogP contribution in [0.3, 0.4) is 0 Å². The number of anilines is 1. The Morgan fingerprint density at radius 3 is 2.91 bits per heavy atom. The maximum absolute atomic E-state index is 12.4. The molecule has 3 aromatic rings. The van der Waals surface area contributed by atoms with Crippen LogP contribution in [0.4, 0.5) is 5.69 Å². The van der Waals surface area contributed by atoms with Crippen molar-refractivity contribution >= 4 is 16.7 Å². The maximum atomic E-state index is 12.4. The number of aromatic amines is 1. The zero-order valence-electron chi connectivity index (χ0n) is 13.4. The highest BCUT2D eigenvalue weighted by Crippen LogP contribution is 2.30. The Labute approximate surface area is 133 Å². The molecule has 0 aliphatic rings. The van der Waals surface area contributed by atoms with Crippen molar-refractivity contribution in [3.8, 4) is 17.1 Å². The highest BCUT2D eigenvalue weighted by Gasteiger charge is 2.16. The van der Waals surface area contributed by atoms with Crippen LogP contribution in [-0.4, -0.2) is 26.4 Å². The van der Waals surface area contributed by atoms with Crippen LogP contribution in [0, 0.1) is 6.92 Å². The summed E-state index contributed by atoms with van der Waals surface area (Å²) >= 11 is 0. The number of nitrogen functional groups attached to an aromatic ring is 1. The van der Waals surface area contributed by atoms with E-state index in [4.69, 9.17) is 10.5 Å². The Bertz CT molecular complexity index is 926. The average Bonchev–Trinajstić information content (AvgIpc) is 2.81. The normalized spacial score (nSPS) is 11.1. The van der Waals surface area contributed by atoms with Gasteiger partial charge < -0.3 is 15.5 Å². The first-order chi connectivity index (χ1) is 11.0. The molecule has 23 heavy (non-hydrogen) atoms. The van der Waals surface area contributed by atoms with E-state index in [9.17, 15) is 4.79 Å². The predicted molar refractivity (Wildman–Crippen MR) is 89.5 cm³/mol. The number of H-pyrrole nitrogens is 1. The molecule has 2 aromatic heterocycles. The standard InChI is InChI=1S/C16H19N5O2/c1-4-7-23-12-6-5-10(17)8-11(12)14-18-15-13(16(22)19-14)9(2)20-21(15)3/h5-6,8H,4,7,17H2,1-3H3,(H,18,19,22). The minimum absolute atomic E-state index is 0.223. The third-order valence-electron chi connectivity index (χ3n) is 3.59. The zero-order valence-corrected chi connectivity index (χ0v) is 13.4. The molecular weight excluding hydrogens is 294 g/mol. The Kier molecular flexibility index (Phi) is 3.77. The maximum Gasteiger partial charge on any atom is 0.262 e. The van der Waals surface area contributed by atoms with Gasteiger partial charge in [0.25, 0.3) is 5.56 Å². The number of ether oxygens (including phenoxy) is 1. The van der Waals surface area contributed by atoms with Crippen LogP contribution in [0.25, 0.3) is 22.4 Å². The smallest absolute Gasteiger partial charge is 0.262 e. The van der Waals surface area contributed by atoms with E-state index >= 15 is 0 Å². The lowest BCUT2D eigenvalue weighted by molar-refractivity contribution is 0.318. The molecule has 0 atom stereocenters. The highest BCUT2D eigenvalue weighted by atomic mass is 16.5. The topological polar surface area (TPSA) is 98.8 Å². The summed E-state index contributed by atoms with van der Waals surface area (Å²) in [7, 11) is 1.76. The van der Waals surface area contributed by atoms with Gasteiger partial charge in [0, 0.05) is 12.7 Å². The van der Waals surface area contributed by atoms with Gasteiger partial charge in [0.1, 0.15) is 17.0 Å². The monoisotopic (exact) mass is 313 g/mol. The molecule has 0 aliphatic heterocycles. The fraction of sp³-hybridized carbons (Fsp3) is 0.312. The minimum Gasteiger partial charge on any atom is -0.493 e. The van der Waals surface area contributed by atoms with Crippen LogP contribution in [0.2, 0.25) is 0 Å². The summed E-state index contributed by atoms with van der Waals surface area (Å²) in [5.41, 5.74) is 8.09. The van der Waals surface area contributed by atoms with Gasteiger partial charge in [-0.3, -0.25) is 4.79 Å². The molecule has 0 spiro atoms. The van der Waals surface area contributed by atoms with Gasteiger partial charge in [-0.25, -0.2) is 9.67 Å². The van der Waals surface area contributed by atoms with E-state index in [1.54, 1.807) is 36.9 Å². The number of aryl methyl sites for hydroxylation is 2. The molecule has 3 rings (SSSR count). The second kappa shape index (κ2) is 5.75. The molecule has 120 valence electrons. The Balaban J connectivity index is 2.22. The first-order valence-corrected chi connectivity index (χ1v) is 7.47. The van der Waals surface area contributed by atoms with Crippen LogP contribution >= 0.6 is 0 Å². The molecule has 7 heteroatoms. The number of fused-ring (bicyclic) bond motifs is 1. The summed E-state index contributed by atoms with van der Waals surface area (Å²) in [4.78, 5) is 19.8. The van der Waals surface area contributed by atoms with Gasteiger partial charge in [0.2, 0.25) is 0 Å². The Hall–Kier alpha value is -2.83. The van der Waals surface area contributed by atoms with Crippen molar-refractivity contribution in [1.82, 2.24) is 19.7 Å². The predicted octanol–water partition coefficient (Wildman–Crippen LogP) is 2.00. The lowest BCUT2D eigenvalue weighted by atomic mass is 10.1. The number of aromatic nitrogens is 4. The number of hydrogen-bond donors (Lipinski definition) is 2. The third kappa shape index (κ3) is 2.65. The second-order valence-electron chi connectivity index (χ2n) is 5.43.